The van der Waals surface area contributed by atoms with Crippen molar-refractivity contribution in [1.29, 1.82) is 0 Å². The summed E-state index contributed by atoms with van der Waals surface area (Å²) in [4.78, 5) is 10.4. The molecule has 1 rings (SSSR count). The lowest BCUT2D eigenvalue weighted by Crippen LogP contribution is -2.30. The summed E-state index contributed by atoms with van der Waals surface area (Å²) in [5, 5.41) is 3.16. The Morgan fingerprint density at radius 1 is 1.47 bits per heavy atom. The topological polar surface area (TPSA) is 64.3 Å². The SMILES string of the molecule is C1COCCN1.CCCC=C(C)C(N)=O. The van der Waals surface area contributed by atoms with Crippen LogP contribution < -0.4 is 11.1 Å². The van der Waals surface area contributed by atoms with Crippen LogP contribution in [0.25, 0.3) is 0 Å². The zero-order valence-corrected chi connectivity index (χ0v) is 9.71. The first kappa shape index (κ1) is 14.1. The molecule has 0 aliphatic carbocycles. The van der Waals surface area contributed by atoms with Gasteiger partial charge in [0.2, 0.25) is 5.91 Å². The number of morpholine rings is 1. The highest BCUT2D eigenvalue weighted by Crippen LogP contribution is 1.95. The number of nitrogens with two attached hydrogens (primary N) is 1. The highest BCUT2D eigenvalue weighted by Gasteiger charge is 1.93. The minimum Gasteiger partial charge on any atom is -0.379 e. The summed E-state index contributed by atoms with van der Waals surface area (Å²) >= 11 is 0. The van der Waals surface area contributed by atoms with Crippen LogP contribution in [0.2, 0.25) is 0 Å². The number of primary amides is 1. The van der Waals surface area contributed by atoms with Gasteiger partial charge in [0.25, 0.3) is 0 Å². The molecule has 0 unspecified atom stereocenters. The monoisotopic (exact) mass is 214 g/mol. The van der Waals surface area contributed by atoms with Gasteiger partial charge in [-0.25, -0.2) is 0 Å². The summed E-state index contributed by atoms with van der Waals surface area (Å²) in [5.41, 5.74) is 5.63. The zero-order chi connectivity index (χ0) is 11.5. The molecule has 88 valence electrons. The third-order valence-corrected chi connectivity index (χ3v) is 1.97. The van der Waals surface area contributed by atoms with Gasteiger partial charge in [-0.05, 0) is 13.3 Å². The van der Waals surface area contributed by atoms with E-state index in [-0.39, 0.29) is 5.91 Å². The number of allylic oxidation sites excluding steroid dienone is 1. The molecule has 0 saturated carbocycles. The van der Waals surface area contributed by atoms with Crippen LogP contribution in [0.15, 0.2) is 11.6 Å². The van der Waals surface area contributed by atoms with Crippen molar-refractivity contribution in [3.63, 3.8) is 0 Å². The Morgan fingerprint density at radius 3 is 2.33 bits per heavy atom. The van der Waals surface area contributed by atoms with E-state index < -0.39 is 0 Å². The Morgan fingerprint density at radius 2 is 2.07 bits per heavy atom. The maximum absolute atomic E-state index is 10.4. The van der Waals surface area contributed by atoms with Crippen molar-refractivity contribution in [2.75, 3.05) is 26.3 Å². The van der Waals surface area contributed by atoms with Gasteiger partial charge in [-0.2, -0.15) is 0 Å². The lowest BCUT2D eigenvalue weighted by molar-refractivity contribution is -0.114. The first-order valence-electron chi connectivity index (χ1n) is 5.43. The smallest absolute Gasteiger partial charge is 0.244 e. The third-order valence-electron chi connectivity index (χ3n) is 1.97. The van der Waals surface area contributed by atoms with Crippen molar-refractivity contribution in [3.05, 3.63) is 11.6 Å². The summed E-state index contributed by atoms with van der Waals surface area (Å²) in [7, 11) is 0. The number of hydrogen-bond donors (Lipinski definition) is 2. The molecule has 4 heteroatoms. The molecule has 0 aromatic rings. The number of ether oxygens (including phenoxy) is 1. The second kappa shape index (κ2) is 9.68. The lowest BCUT2D eigenvalue weighted by atomic mass is 10.2. The minimum absolute atomic E-state index is 0.316. The van der Waals surface area contributed by atoms with Gasteiger partial charge >= 0.3 is 0 Å². The molecule has 1 heterocycles. The largest absolute Gasteiger partial charge is 0.379 e. The van der Waals surface area contributed by atoms with Gasteiger partial charge < -0.3 is 15.8 Å². The molecule has 0 bridgehead atoms. The van der Waals surface area contributed by atoms with Gasteiger partial charge in [0.1, 0.15) is 0 Å². The molecule has 3 N–H and O–H groups in total. The molecule has 0 aromatic carbocycles. The van der Waals surface area contributed by atoms with Crippen molar-refractivity contribution in [2.24, 2.45) is 5.73 Å². The zero-order valence-electron chi connectivity index (χ0n) is 9.71. The molecule has 4 nitrogen and oxygen atoms in total. The summed E-state index contributed by atoms with van der Waals surface area (Å²) in [6.45, 7) is 7.63. The van der Waals surface area contributed by atoms with Crippen molar-refractivity contribution in [3.8, 4) is 0 Å². The van der Waals surface area contributed by atoms with E-state index in [9.17, 15) is 4.79 Å². The van der Waals surface area contributed by atoms with Gasteiger partial charge in [0.05, 0.1) is 13.2 Å². The molecule has 15 heavy (non-hydrogen) atoms. The number of amides is 1. The number of hydrogen-bond acceptors (Lipinski definition) is 3. The second-order valence-electron chi connectivity index (χ2n) is 3.40. The molecule has 1 fully saturated rings. The summed E-state index contributed by atoms with van der Waals surface area (Å²) in [6.07, 6.45) is 3.86. The summed E-state index contributed by atoms with van der Waals surface area (Å²) < 4.78 is 5.01. The first-order chi connectivity index (χ1) is 7.18. The molecular weight excluding hydrogens is 192 g/mol. The number of rotatable bonds is 3. The number of unbranched alkanes of at least 4 members (excludes halogenated alkanes) is 1. The van der Waals surface area contributed by atoms with E-state index in [1.54, 1.807) is 6.92 Å². The summed E-state index contributed by atoms with van der Waals surface area (Å²) in [5.74, 6) is -0.316. The fourth-order valence-corrected chi connectivity index (χ4v) is 0.977. The lowest BCUT2D eigenvalue weighted by Gasteiger charge is -2.10. The van der Waals surface area contributed by atoms with Crippen LogP contribution >= 0.6 is 0 Å². The highest BCUT2D eigenvalue weighted by atomic mass is 16.5. The molecule has 1 amide bonds. The van der Waals surface area contributed by atoms with Gasteiger partial charge in [0.15, 0.2) is 0 Å². The fourth-order valence-electron chi connectivity index (χ4n) is 0.977. The molecule has 0 aromatic heterocycles. The van der Waals surface area contributed by atoms with Crippen LogP contribution in [0.5, 0.6) is 0 Å². The van der Waals surface area contributed by atoms with Gasteiger partial charge in [-0.15, -0.1) is 0 Å². The van der Waals surface area contributed by atoms with Gasteiger partial charge in [0, 0.05) is 18.7 Å². The molecule has 0 spiro atoms. The Balaban J connectivity index is 0.000000280. The van der Waals surface area contributed by atoms with E-state index in [0.29, 0.717) is 5.57 Å². The minimum atomic E-state index is -0.316. The Hall–Kier alpha value is -0.870. The van der Waals surface area contributed by atoms with Crippen LogP contribution in [-0.2, 0) is 9.53 Å². The molecule has 1 saturated heterocycles. The van der Waals surface area contributed by atoms with Crippen molar-refractivity contribution >= 4 is 5.91 Å². The Labute approximate surface area is 91.9 Å². The van der Waals surface area contributed by atoms with Gasteiger partial charge in [-0.1, -0.05) is 19.4 Å². The van der Waals surface area contributed by atoms with E-state index in [1.807, 2.05) is 6.08 Å². The Kier molecular flexibility index (Phi) is 9.11. The van der Waals surface area contributed by atoms with E-state index in [4.69, 9.17) is 10.5 Å². The first-order valence-corrected chi connectivity index (χ1v) is 5.43. The normalized spacial score (nSPS) is 16.5. The van der Waals surface area contributed by atoms with Crippen molar-refractivity contribution in [1.82, 2.24) is 5.32 Å². The fraction of sp³-hybridized carbons (Fsp3) is 0.727. The predicted octanol–water partition coefficient (Wildman–Crippen LogP) is 0.824. The molecule has 0 atom stereocenters. The second-order valence-corrected chi connectivity index (χ2v) is 3.40. The standard InChI is InChI=1S/C7H13NO.C4H9NO/c1-3-4-5-6(2)7(8)9;1-3-6-4-2-5-1/h5H,3-4H2,1-2H3,(H2,8,9);5H,1-4H2. The predicted molar refractivity (Wildman–Crippen MR) is 61.5 cm³/mol. The van der Waals surface area contributed by atoms with E-state index in [1.165, 1.54) is 0 Å². The Bertz CT molecular complexity index is 187. The summed E-state index contributed by atoms with van der Waals surface area (Å²) in [6, 6.07) is 0. The van der Waals surface area contributed by atoms with Crippen LogP contribution in [0, 0.1) is 0 Å². The maximum atomic E-state index is 10.4. The van der Waals surface area contributed by atoms with E-state index in [0.717, 1.165) is 39.1 Å². The van der Waals surface area contributed by atoms with Crippen LogP contribution in [0.3, 0.4) is 0 Å². The average Bonchev–Trinajstić information content (AvgIpc) is 2.29. The van der Waals surface area contributed by atoms with Crippen LogP contribution in [0.1, 0.15) is 26.7 Å². The quantitative estimate of drug-likeness (QED) is 0.684. The number of carbonyl (C=O) groups is 1. The van der Waals surface area contributed by atoms with E-state index >= 15 is 0 Å². The maximum Gasteiger partial charge on any atom is 0.244 e. The molecule has 0 radical (unpaired) electrons. The molecular formula is C11H22N2O2. The number of nitrogens with one attached hydrogen (secondary N) is 1. The average molecular weight is 214 g/mol. The molecule has 1 aliphatic heterocycles. The highest BCUT2D eigenvalue weighted by molar-refractivity contribution is 5.91. The van der Waals surface area contributed by atoms with Gasteiger partial charge in [-0.3, -0.25) is 4.79 Å². The van der Waals surface area contributed by atoms with E-state index in [2.05, 4.69) is 12.2 Å². The van der Waals surface area contributed by atoms with Crippen LogP contribution in [-0.4, -0.2) is 32.2 Å². The molecule has 1 aliphatic rings. The third kappa shape index (κ3) is 9.43. The number of carbonyl (C=O) groups excluding carboxylic acids is 1. The van der Waals surface area contributed by atoms with Crippen molar-refractivity contribution < 1.29 is 9.53 Å². The van der Waals surface area contributed by atoms with Crippen molar-refractivity contribution in [2.45, 2.75) is 26.7 Å². The van der Waals surface area contributed by atoms with Crippen LogP contribution in [0.4, 0.5) is 0 Å².